The van der Waals surface area contributed by atoms with Gasteiger partial charge in [-0.2, -0.15) is 0 Å². The lowest BCUT2D eigenvalue weighted by atomic mass is 10.3. The molecule has 0 aliphatic rings. The van der Waals surface area contributed by atoms with E-state index in [1.807, 2.05) is 6.26 Å². The molecule has 11 heavy (non-hydrogen) atoms. The highest BCUT2D eigenvalue weighted by molar-refractivity contribution is 8.56. The molecule has 0 aliphatic carbocycles. The van der Waals surface area contributed by atoms with Crippen LogP contribution < -0.4 is 0 Å². The number of unbranched alkanes of at least 4 members (excludes halogenated alkanes) is 2. The van der Waals surface area contributed by atoms with E-state index in [-0.39, 0.29) is 0 Å². The SMILES string of the molecule is CCCCCOP(C)(=O)SC. The first-order chi connectivity index (χ1) is 5.12. The van der Waals surface area contributed by atoms with E-state index in [0.29, 0.717) is 6.61 Å². The molecule has 0 fully saturated rings. The Morgan fingerprint density at radius 2 is 2.09 bits per heavy atom. The van der Waals surface area contributed by atoms with Gasteiger partial charge in [-0.15, -0.1) is 0 Å². The summed E-state index contributed by atoms with van der Waals surface area (Å²) >= 11 is 1.32. The van der Waals surface area contributed by atoms with Gasteiger partial charge in [-0.05, 0) is 12.7 Å². The van der Waals surface area contributed by atoms with E-state index in [4.69, 9.17) is 4.52 Å². The molecule has 0 radical (unpaired) electrons. The Morgan fingerprint density at radius 1 is 1.45 bits per heavy atom. The maximum atomic E-state index is 11.3. The molecule has 0 aromatic rings. The van der Waals surface area contributed by atoms with Crippen molar-refractivity contribution in [2.75, 3.05) is 19.5 Å². The summed E-state index contributed by atoms with van der Waals surface area (Å²) in [5.74, 6) is 0. The summed E-state index contributed by atoms with van der Waals surface area (Å²) < 4.78 is 16.5. The van der Waals surface area contributed by atoms with E-state index in [0.717, 1.165) is 12.8 Å². The molecule has 0 aromatic carbocycles. The molecule has 0 aliphatic heterocycles. The number of rotatable bonds is 6. The van der Waals surface area contributed by atoms with Crippen molar-refractivity contribution in [2.24, 2.45) is 0 Å². The zero-order valence-electron chi connectivity index (χ0n) is 7.50. The molecule has 0 saturated carbocycles. The van der Waals surface area contributed by atoms with Gasteiger partial charge in [0.1, 0.15) is 0 Å². The van der Waals surface area contributed by atoms with Crippen molar-refractivity contribution in [3.63, 3.8) is 0 Å². The summed E-state index contributed by atoms with van der Waals surface area (Å²) in [5.41, 5.74) is 0. The number of hydrogen-bond acceptors (Lipinski definition) is 3. The topological polar surface area (TPSA) is 26.3 Å². The van der Waals surface area contributed by atoms with Crippen LogP contribution in [0, 0.1) is 0 Å². The van der Waals surface area contributed by atoms with Gasteiger partial charge >= 0.3 is 0 Å². The summed E-state index contributed by atoms with van der Waals surface area (Å²) in [4.78, 5) is 0. The van der Waals surface area contributed by atoms with Gasteiger partial charge in [0.15, 0.2) is 0 Å². The second kappa shape index (κ2) is 6.10. The third-order valence-corrected chi connectivity index (χ3v) is 5.03. The van der Waals surface area contributed by atoms with E-state index >= 15 is 0 Å². The van der Waals surface area contributed by atoms with Crippen molar-refractivity contribution in [3.8, 4) is 0 Å². The van der Waals surface area contributed by atoms with Crippen LogP contribution in [0.2, 0.25) is 0 Å². The molecule has 0 spiro atoms. The minimum atomic E-state index is -2.30. The average Bonchev–Trinajstić information content (AvgIpc) is 1.99. The lowest BCUT2D eigenvalue weighted by Crippen LogP contribution is -1.89. The predicted molar refractivity (Wildman–Crippen MR) is 52.5 cm³/mol. The van der Waals surface area contributed by atoms with Gasteiger partial charge in [-0.1, -0.05) is 31.1 Å². The molecule has 4 heteroatoms. The number of hydrogen-bond donors (Lipinski definition) is 0. The quantitative estimate of drug-likeness (QED) is 0.481. The largest absolute Gasteiger partial charge is 0.321 e. The minimum Gasteiger partial charge on any atom is -0.321 e. The van der Waals surface area contributed by atoms with Gasteiger partial charge in [-0.3, -0.25) is 4.57 Å². The van der Waals surface area contributed by atoms with Gasteiger partial charge in [-0.25, -0.2) is 0 Å². The summed E-state index contributed by atoms with van der Waals surface area (Å²) in [6.45, 7) is 2.15. The molecule has 1 unspecified atom stereocenters. The van der Waals surface area contributed by atoms with E-state index in [9.17, 15) is 4.57 Å². The Bertz CT molecular complexity index is 138. The van der Waals surface area contributed by atoms with Crippen LogP contribution in [0.25, 0.3) is 0 Å². The van der Waals surface area contributed by atoms with Gasteiger partial charge in [0.2, 0.25) is 0 Å². The van der Waals surface area contributed by atoms with Crippen molar-refractivity contribution >= 4 is 18.0 Å². The second-order valence-electron chi connectivity index (χ2n) is 2.49. The summed E-state index contributed by atoms with van der Waals surface area (Å²) in [7, 11) is 0. The standard InChI is InChI=1S/C7H17O2PS/c1-4-5-6-7-9-10(2,8)11-3/h4-7H2,1-3H3. The predicted octanol–water partition coefficient (Wildman–Crippen LogP) is 3.38. The summed E-state index contributed by atoms with van der Waals surface area (Å²) in [6, 6.07) is 0. The second-order valence-corrected chi connectivity index (χ2v) is 7.75. The van der Waals surface area contributed by atoms with Crippen LogP contribution in [0.1, 0.15) is 26.2 Å². The fourth-order valence-corrected chi connectivity index (χ4v) is 1.74. The van der Waals surface area contributed by atoms with Gasteiger partial charge in [0, 0.05) is 6.66 Å². The molecule has 0 N–H and O–H groups in total. The van der Waals surface area contributed by atoms with E-state index in [1.165, 1.54) is 17.8 Å². The Balaban J connectivity index is 3.31. The molecule has 2 nitrogen and oxygen atoms in total. The zero-order chi connectivity index (χ0) is 8.74. The third kappa shape index (κ3) is 6.92. The molecule has 68 valence electrons. The molecule has 0 aromatic heterocycles. The normalized spacial score (nSPS) is 16.3. The fourth-order valence-electron chi connectivity index (χ4n) is 0.635. The average molecular weight is 196 g/mol. The molecular formula is C7H17O2PS. The first kappa shape index (κ1) is 11.5. The molecule has 0 rings (SSSR count). The molecule has 0 bridgehead atoms. The van der Waals surface area contributed by atoms with Crippen LogP contribution >= 0.6 is 18.0 Å². The maximum Gasteiger partial charge on any atom is 0.254 e. The van der Waals surface area contributed by atoms with Crippen LogP contribution in [0.15, 0.2) is 0 Å². The highest BCUT2D eigenvalue weighted by atomic mass is 32.7. The van der Waals surface area contributed by atoms with Gasteiger partial charge in [0.05, 0.1) is 6.61 Å². The monoisotopic (exact) mass is 196 g/mol. The maximum absolute atomic E-state index is 11.3. The first-order valence-corrected chi connectivity index (χ1v) is 7.80. The Hall–Kier alpha value is 0.540. The highest BCUT2D eigenvalue weighted by Crippen LogP contribution is 2.54. The van der Waals surface area contributed by atoms with Crippen molar-refractivity contribution < 1.29 is 9.09 Å². The van der Waals surface area contributed by atoms with Crippen molar-refractivity contribution in [1.82, 2.24) is 0 Å². The van der Waals surface area contributed by atoms with Crippen molar-refractivity contribution in [3.05, 3.63) is 0 Å². The van der Waals surface area contributed by atoms with Crippen molar-refractivity contribution in [1.29, 1.82) is 0 Å². The highest BCUT2D eigenvalue weighted by Gasteiger charge is 2.11. The van der Waals surface area contributed by atoms with Crippen LogP contribution in [-0.2, 0) is 9.09 Å². The Kier molecular flexibility index (Phi) is 6.40. The molecule has 1 atom stereocenters. The third-order valence-electron chi connectivity index (χ3n) is 1.41. The van der Waals surface area contributed by atoms with E-state index < -0.39 is 6.57 Å². The Morgan fingerprint density at radius 3 is 2.55 bits per heavy atom. The van der Waals surface area contributed by atoms with Gasteiger partial charge < -0.3 is 4.52 Å². The Labute approximate surface area is 73.3 Å². The van der Waals surface area contributed by atoms with Crippen LogP contribution in [0.5, 0.6) is 0 Å². The molecule has 0 heterocycles. The summed E-state index contributed by atoms with van der Waals surface area (Å²) in [6.07, 6.45) is 5.18. The lowest BCUT2D eigenvalue weighted by molar-refractivity contribution is 0.317. The molecule has 0 saturated heterocycles. The first-order valence-electron chi connectivity index (χ1n) is 3.90. The van der Waals surface area contributed by atoms with Crippen LogP contribution in [0.4, 0.5) is 0 Å². The van der Waals surface area contributed by atoms with E-state index in [1.54, 1.807) is 6.66 Å². The minimum absolute atomic E-state index is 0.641. The molecular weight excluding hydrogens is 179 g/mol. The van der Waals surface area contributed by atoms with Gasteiger partial charge in [0.25, 0.3) is 6.57 Å². The smallest absolute Gasteiger partial charge is 0.254 e. The fraction of sp³-hybridized carbons (Fsp3) is 1.00. The summed E-state index contributed by atoms with van der Waals surface area (Å²) in [5, 5.41) is 0. The van der Waals surface area contributed by atoms with E-state index in [2.05, 4.69) is 6.92 Å². The lowest BCUT2D eigenvalue weighted by Gasteiger charge is -2.09. The van der Waals surface area contributed by atoms with Crippen LogP contribution in [-0.4, -0.2) is 19.5 Å². The zero-order valence-corrected chi connectivity index (χ0v) is 9.21. The van der Waals surface area contributed by atoms with Crippen molar-refractivity contribution in [2.45, 2.75) is 26.2 Å². The van der Waals surface area contributed by atoms with Crippen LogP contribution in [0.3, 0.4) is 0 Å². The molecule has 0 amide bonds.